The Labute approximate surface area is 120 Å². The van der Waals surface area contributed by atoms with E-state index in [4.69, 9.17) is 0 Å². The van der Waals surface area contributed by atoms with Gasteiger partial charge in [0.05, 0.1) is 0 Å². The first-order valence-corrected chi connectivity index (χ1v) is 6.76. The van der Waals surface area contributed by atoms with Crippen LogP contribution in [0.15, 0.2) is 6.07 Å². The van der Waals surface area contributed by atoms with Gasteiger partial charge in [0, 0.05) is 18.3 Å². The Morgan fingerprint density at radius 2 is 2.16 bits per heavy atom. The summed E-state index contributed by atoms with van der Waals surface area (Å²) < 4.78 is 0. The largest absolute Gasteiger partial charge is 0.334 e. The summed E-state index contributed by atoms with van der Waals surface area (Å²) in [4.78, 5) is 14.5. The number of rotatable bonds is 4. The number of hydrogen-bond donors (Lipinski definition) is 2. The molecule has 0 aromatic carbocycles. The number of H-pyrrole nitrogens is 1. The molecule has 2 heterocycles. The van der Waals surface area contributed by atoms with E-state index >= 15 is 0 Å². The molecule has 1 amide bonds. The fourth-order valence-electron chi connectivity index (χ4n) is 2.48. The zero-order valence-electron chi connectivity index (χ0n) is 11.6. The minimum atomic E-state index is 0. The maximum absolute atomic E-state index is 12.5. The molecule has 1 aliphatic heterocycles. The van der Waals surface area contributed by atoms with Crippen LogP contribution < -0.4 is 5.32 Å². The zero-order valence-corrected chi connectivity index (χ0v) is 12.4. The number of hydrogen-bond acceptors (Lipinski definition) is 3. The lowest BCUT2D eigenvalue weighted by molar-refractivity contribution is 0.0636. The van der Waals surface area contributed by atoms with Crippen LogP contribution in [0.5, 0.6) is 0 Å². The van der Waals surface area contributed by atoms with E-state index in [1.54, 1.807) is 0 Å². The van der Waals surface area contributed by atoms with Gasteiger partial charge in [0.1, 0.15) is 5.69 Å². The van der Waals surface area contributed by atoms with Crippen molar-refractivity contribution < 1.29 is 4.79 Å². The van der Waals surface area contributed by atoms with Crippen LogP contribution in [0.3, 0.4) is 0 Å². The summed E-state index contributed by atoms with van der Waals surface area (Å²) in [5, 5.41) is 10.3. The van der Waals surface area contributed by atoms with Gasteiger partial charge >= 0.3 is 0 Å². The average molecular weight is 287 g/mol. The number of piperidine rings is 1. The molecule has 5 nitrogen and oxygen atoms in total. The minimum absolute atomic E-state index is 0. The van der Waals surface area contributed by atoms with Crippen LogP contribution in [-0.2, 0) is 0 Å². The summed E-state index contributed by atoms with van der Waals surface area (Å²) in [7, 11) is 0. The number of nitrogens with zero attached hydrogens (tertiary/aromatic N) is 2. The number of nitrogens with one attached hydrogen (secondary N) is 2. The predicted octanol–water partition coefficient (Wildman–Crippen LogP) is 1.74. The fourth-order valence-corrected chi connectivity index (χ4v) is 2.48. The van der Waals surface area contributed by atoms with E-state index in [-0.39, 0.29) is 18.3 Å². The van der Waals surface area contributed by atoms with Crippen LogP contribution in [0, 0.1) is 6.92 Å². The first-order chi connectivity index (χ1) is 8.72. The molecule has 0 aliphatic carbocycles. The Morgan fingerprint density at radius 3 is 2.68 bits per heavy atom. The Morgan fingerprint density at radius 1 is 1.47 bits per heavy atom. The molecule has 6 heteroatoms. The van der Waals surface area contributed by atoms with Crippen LogP contribution in [0.2, 0.25) is 0 Å². The molecular weight excluding hydrogens is 264 g/mol. The molecule has 1 aliphatic rings. The first kappa shape index (κ1) is 16.0. The van der Waals surface area contributed by atoms with Crippen LogP contribution in [0.25, 0.3) is 0 Å². The van der Waals surface area contributed by atoms with Gasteiger partial charge in [0.15, 0.2) is 0 Å². The highest BCUT2D eigenvalue weighted by molar-refractivity contribution is 5.92. The van der Waals surface area contributed by atoms with Crippen molar-refractivity contribution in [2.75, 3.05) is 19.6 Å². The van der Waals surface area contributed by atoms with E-state index in [0.717, 1.165) is 44.6 Å². The van der Waals surface area contributed by atoms with Gasteiger partial charge in [0.25, 0.3) is 5.91 Å². The van der Waals surface area contributed by atoms with Gasteiger partial charge in [-0.05, 0) is 45.3 Å². The van der Waals surface area contributed by atoms with E-state index < -0.39 is 0 Å². The van der Waals surface area contributed by atoms with Gasteiger partial charge in [0.2, 0.25) is 0 Å². The van der Waals surface area contributed by atoms with Crippen molar-refractivity contribution in [3.63, 3.8) is 0 Å². The second-order valence-corrected chi connectivity index (χ2v) is 4.92. The molecular formula is C13H23ClN4O. The highest BCUT2D eigenvalue weighted by atomic mass is 35.5. The van der Waals surface area contributed by atoms with Crippen molar-refractivity contribution in [2.45, 2.75) is 39.2 Å². The molecule has 2 rings (SSSR count). The summed E-state index contributed by atoms with van der Waals surface area (Å²) in [5.41, 5.74) is 1.47. The van der Waals surface area contributed by atoms with Crippen molar-refractivity contribution in [1.29, 1.82) is 0 Å². The number of carbonyl (C=O) groups is 1. The number of carbonyl (C=O) groups excluding carboxylic acids is 1. The third-order valence-corrected chi connectivity index (χ3v) is 3.40. The van der Waals surface area contributed by atoms with Crippen molar-refractivity contribution in [1.82, 2.24) is 20.4 Å². The topological polar surface area (TPSA) is 61.0 Å². The lowest BCUT2D eigenvalue weighted by atomic mass is 10.0. The van der Waals surface area contributed by atoms with Crippen molar-refractivity contribution in [3.8, 4) is 0 Å². The number of amides is 1. The van der Waals surface area contributed by atoms with E-state index in [9.17, 15) is 4.79 Å². The number of aromatic amines is 1. The van der Waals surface area contributed by atoms with Crippen molar-refractivity contribution in [2.24, 2.45) is 0 Å². The maximum atomic E-state index is 12.5. The van der Waals surface area contributed by atoms with E-state index in [1.165, 1.54) is 0 Å². The third-order valence-electron chi connectivity index (χ3n) is 3.40. The number of aryl methyl sites for hydroxylation is 1. The lowest BCUT2D eigenvalue weighted by Gasteiger charge is -2.34. The van der Waals surface area contributed by atoms with Crippen molar-refractivity contribution >= 4 is 18.3 Å². The van der Waals surface area contributed by atoms with Gasteiger partial charge in [-0.15, -0.1) is 12.4 Å². The fraction of sp³-hybridized carbons (Fsp3) is 0.692. The Bertz CT molecular complexity index is 401. The summed E-state index contributed by atoms with van der Waals surface area (Å²) in [5.74, 6) is 0.0631. The van der Waals surface area contributed by atoms with Gasteiger partial charge in [-0.1, -0.05) is 6.92 Å². The van der Waals surface area contributed by atoms with Crippen LogP contribution in [-0.4, -0.2) is 46.7 Å². The molecule has 0 atom stereocenters. The standard InChI is InChI=1S/C13H22N4O.ClH/c1-3-8-17(11-4-6-14-7-5-11)13(18)12-9-10(2)15-16-12;/h9,11,14H,3-8H2,1-2H3,(H,15,16);1H. The molecule has 108 valence electrons. The average Bonchev–Trinajstić information content (AvgIpc) is 2.83. The van der Waals surface area contributed by atoms with Crippen LogP contribution in [0.4, 0.5) is 0 Å². The summed E-state index contributed by atoms with van der Waals surface area (Å²) >= 11 is 0. The molecule has 1 aromatic heterocycles. The molecule has 0 unspecified atom stereocenters. The molecule has 1 aromatic rings. The monoisotopic (exact) mass is 286 g/mol. The second kappa shape index (κ2) is 7.50. The molecule has 0 saturated carbocycles. The number of halogens is 1. The smallest absolute Gasteiger partial charge is 0.274 e. The molecule has 1 saturated heterocycles. The maximum Gasteiger partial charge on any atom is 0.274 e. The Balaban J connectivity index is 0.00000180. The van der Waals surface area contributed by atoms with Gasteiger partial charge in [-0.25, -0.2) is 0 Å². The normalized spacial score (nSPS) is 15.9. The Kier molecular flexibility index (Phi) is 6.31. The SMILES string of the molecule is CCCN(C(=O)c1cc(C)[nH]n1)C1CCNCC1.Cl. The highest BCUT2D eigenvalue weighted by Gasteiger charge is 2.26. The van der Waals surface area contributed by atoms with E-state index in [1.807, 2.05) is 17.9 Å². The van der Waals surface area contributed by atoms with Gasteiger partial charge < -0.3 is 10.2 Å². The molecule has 2 N–H and O–H groups in total. The second-order valence-electron chi connectivity index (χ2n) is 4.92. The first-order valence-electron chi connectivity index (χ1n) is 6.76. The van der Waals surface area contributed by atoms with Gasteiger partial charge in [-0.2, -0.15) is 5.10 Å². The molecule has 0 radical (unpaired) electrons. The highest BCUT2D eigenvalue weighted by Crippen LogP contribution is 2.15. The summed E-state index contributed by atoms with van der Waals surface area (Å²) in [6.45, 7) is 6.83. The molecule has 19 heavy (non-hydrogen) atoms. The molecule has 0 spiro atoms. The summed E-state index contributed by atoms with van der Waals surface area (Å²) in [6, 6.07) is 2.18. The van der Waals surface area contributed by atoms with E-state index in [2.05, 4.69) is 22.4 Å². The predicted molar refractivity (Wildman–Crippen MR) is 77.8 cm³/mol. The Hall–Kier alpha value is -1.07. The molecule has 0 bridgehead atoms. The van der Waals surface area contributed by atoms with E-state index in [0.29, 0.717) is 11.7 Å². The summed E-state index contributed by atoms with van der Waals surface area (Å²) in [6.07, 6.45) is 3.06. The zero-order chi connectivity index (χ0) is 13.0. The van der Waals surface area contributed by atoms with Crippen LogP contribution in [0.1, 0.15) is 42.4 Å². The quantitative estimate of drug-likeness (QED) is 0.886. The molecule has 1 fully saturated rings. The number of aromatic nitrogens is 2. The van der Waals surface area contributed by atoms with Crippen LogP contribution >= 0.6 is 12.4 Å². The van der Waals surface area contributed by atoms with Crippen molar-refractivity contribution in [3.05, 3.63) is 17.5 Å². The third kappa shape index (κ3) is 3.94. The van der Waals surface area contributed by atoms with Gasteiger partial charge in [-0.3, -0.25) is 9.89 Å². The minimum Gasteiger partial charge on any atom is -0.334 e. The lowest BCUT2D eigenvalue weighted by Crippen LogP contribution is -2.46.